The van der Waals surface area contributed by atoms with E-state index in [9.17, 15) is 9.59 Å². The SMILES string of the molecule is Cc1cc(N)ccc1OCc1cc(=O)n(C)c(=O)n1C. The van der Waals surface area contributed by atoms with E-state index < -0.39 is 0 Å². The van der Waals surface area contributed by atoms with E-state index in [0.29, 0.717) is 17.1 Å². The van der Waals surface area contributed by atoms with Crippen LogP contribution in [0.1, 0.15) is 11.3 Å². The van der Waals surface area contributed by atoms with Crippen LogP contribution in [0.5, 0.6) is 5.75 Å². The molecule has 0 aliphatic rings. The highest BCUT2D eigenvalue weighted by molar-refractivity contribution is 5.47. The average molecular weight is 275 g/mol. The molecule has 1 aromatic carbocycles. The summed E-state index contributed by atoms with van der Waals surface area (Å²) >= 11 is 0. The second-order valence-electron chi connectivity index (χ2n) is 4.69. The minimum absolute atomic E-state index is 0.145. The normalized spacial score (nSPS) is 10.6. The molecule has 20 heavy (non-hydrogen) atoms. The van der Waals surface area contributed by atoms with E-state index >= 15 is 0 Å². The lowest BCUT2D eigenvalue weighted by molar-refractivity contribution is 0.291. The van der Waals surface area contributed by atoms with E-state index in [4.69, 9.17) is 10.5 Å². The summed E-state index contributed by atoms with van der Waals surface area (Å²) in [5.74, 6) is 0.673. The number of hydrogen-bond acceptors (Lipinski definition) is 4. The van der Waals surface area contributed by atoms with E-state index in [1.54, 1.807) is 25.2 Å². The number of aromatic nitrogens is 2. The number of aryl methyl sites for hydroxylation is 1. The predicted octanol–water partition coefficient (Wildman–Crippen LogP) is 0.554. The first-order chi connectivity index (χ1) is 9.40. The Morgan fingerprint density at radius 1 is 1.15 bits per heavy atom. The molecule has 0 aliphatic heterocycles. The van der Waals surface area contributed by atoms with Crippen molar-refractivity contribution in [2.45, 2.75) is 13.5 Å². The van der Waals surface area contributed by atoms with Crippen LogP contribution in [0.2, 0.25) is 0 Å². The standard InChI is InChI=1S/C14H17N3O3/c1-9-6-10(15)4-5-12(9)20-8-11-7-13(18)17(3)14(19)16(11)2/h4-7H,8,15H2,1-3H3. The lowest BCUT2D eigenvalue weighted by Gasteiger charge is -2.12. The predicted molar refractivity (Wildman–Crippen MR) is 76.8 cm³/mol. The smallest absolute Gasteiger partial charge is 0.330 e. The van der Waals surface area contributed by atoms with Crippen molar-refractivity contribution in [1.29, 1.82) is 0 Å². The zero-order chi connectivity index (χ0) is 14.9. The molecule has 6 nitrogen and oxygen atoms in total. The Bertz CT molecular complexity index is 759. The molecule has 0 spiro atoms. The van der Waals surface area contributed by atoms with Gasteiger partial charge >= 0.3 is 5.69 Å². The molecule has 6 heteroatoms. The molecular weight excluding hydrogens is 258 g/mol. The van der Waals surface area contributed by atoms with E-state index in [1.165, 1.54) is 17.7 Å². The van der Waals surface area contributed by atoms with E-state index in [0.717, 1.165) is 10.1 Å². The summed E-state index contributed by atoms with van der Waals surface area (Å²) in [5, 5.41) is 0. The highest BCUT2D eigenvalue weighted by Crippen LogP contribution is 2.20. The molecule has 0 amide bonds. The fraction of sp³-hybridized carbons (Fsp3) is 0.286. The third-order valence-electron chi connectivity index (χ3n) is 3.20. The minimum Gasteiger partial charge on any atom is -0.487 e. The molecule has 106 valence electrons. The van der Waals surface area contributed by atoms with Crippen LogP contribution in [0.25, 0.3) is 0 Å². The molecule has 2 aromatic rings. The van der Waals surface area contributed by atoms with Gasteiger partial charge in [0.05, 0.1) is 5.69 Å². The average Bonchev–Trinajstić information content (AvgIpc) is 2.40. The molecule has 0 atom stereocenters. The first-order valence-electron chi connectivity index (χ1n) is 6.15. The quantitative estimate of drug-likeness (QED) is 0.830. The van der Waals surface area contributed by atoms with Gasteiger partial charge in [-0.2, -0.15) is 0 Å². The number of anilines is 1. The fourth-order valence-electron chi connectivity index (χ4n) is 1.90. The lowest BCUT2D eigenvalue weighted by atomic mass is 10.2. The van der Waals surface area contributed by atoms with Gasteiger partial charge < -0.3 is 10.5 Å². The molecule has 0 saturated carbocycles. The van der Waals surface area contributed by atoms with Crippen molar-refractivity contribution < 1.29 is 4.74 Å². The number of rotatable bonds is 3. The molecule has 0 fully saturated rings. The number of nitrogen functional groups attached to an aromatic ring is 1. The van der Waals surface area contributed by atoms with Crippen molar-refractivity contribution in [3.05, 3.63) is 56.4 Å². The molecule has 2 rings (SSSR count). The molecule has 2 N–H and O–H groups in total. The maximum atomic E-state index is 11.8. The van der Waals surface area contributed by atoms with Crippen molar-refractivity contribution in [2.24, 2.45) is 14.1 Å². The summed E-state index contributed by atoms with van der Waals surface area (Å²) in [6.07, 6.45) is 0. The van der Waals surface area contributed by atoms with Gasteiger partial charge in [0.15, 0.2) is 0 Å². The van der Waals surface area contributed by atoms with Gasteiger partial charge in [-0.1, -0.05) is 0 Å². The molecule has 1 heterocycles. The summed E-state index contributed by atoms with van der Waals surface area (Å²) in [6, 6.07) is 6.71. The topological polar surface area (TPSA) is 79.2 Å². The first kappa shape index (κ1) is 13.9. The molecule has 0 saturated heterocycles. The fourth-order valence-corrected chi connectivity index (χ4v) is 1.90. The first-order valence-corrected chi connectivity index (χ1v) is 6.15. The molecule has 0 unspecified atom stereocenters. The van der Waals surface area contributed by atoms with Gasteiger partial charge in [-0.25, -0.2) is 4.79 Å². The highest BCUT2D eigenvalue weighted by atomic mass is 16.5. The van der Waals surface area contributed by atoms with Crippen molar-refractivity contribution in [3.63, 3.8) is 0 Å². The van der Waals surface area contributed by atoms with Crippen molar-refractivity contribution in [2.75, 3.05) is 5.73 Å². The number of nitrogens with zero attached hydrogens (tertiary/aromatic N) is 2. The Morgan fingerprint density at radius 2 is 1.85 bits per heavy atom. The third kappa shape index (κ3) is 2.59. The van der Waals surface area contributed by atoms with Gasteiger partial charge in [-0.05, 0) is 30.7 Å². The number of hydrogen-bond donors (Lipinski definition) is 1. The van der Waals surface area contributed by atoms with Gasteiger partial charge in [-0.15, -0.1) is 0 Å². The maximum Gasteiger partial charge on any atom is 0.330 e. The van der Waals surface area contributed by atoms with E-state index in [2.05, 4.69) is 0 Å². The number of nitrogens with two attached hydrogens (primary N) is 1. The Morgan fingerprint density at radius 3 is 2.50 bits per heavy atom. The monoisotopic (exact) mass is 275 g/mol. The summed E-state index contributed by atoms with van der Waals surface area (Å²) in [6.45, 7) is 2.03. The van der Waals surface area contributed by atoms with Gasteiger partial charge in [0.25, 0.3) is 5.56 Å². The van der Waals surface area contributed by atoms with Crippen molar-refractivity contribution >= 4 is 5.69 Å². The van der Waals surface area contributed by atoms with Crippen LogP contribution in [-0.2, 0) is 20.7 Å². The minimum atomic E-state index is -0.370. The largest absolute Gasteiger partial charge is 0.487 e. The van der Waals surface area contributed by atoms with Crippen LogP contribution in [0.15, 0.2) is 33.9 Å². The number of benzene rings is 1. The Kier molecular flexibility index (Phi) is 3.65. The Balaban J connectivity index is 2.28. The molecule has 0 radical (unpaired) electrons. The van der Waals surface area contributed by atoms with Crippen LogP contribution >= 0.6 is 0 Å². The van der Waals surface area contributed by atoms with E-state index in [1.807, 2.05) is 6.92 Å². The van der Waals surface area contributed by atoms with Crippen LogP contribution in [0.3, 0.4) is 0 Å². The van der Waals surface area contributed by atoms with Crippen LogP contribution in [-0.4, -0.2) is 9.13 Å². The van der Waals surface area contributed by atoms with Crippen molar-refractivity contribution in [1.82, 2.24) is 9.13 Å². The highest BCUT2D eigenvalue weighted by Gasteiger charge is 2.07. The van der Waals surface area contributed by atoms with Gasteiger partial charge in [0.1, 0.15) is 12.4 Å². The van der Waals surface area contributed by atoms with Crippen LogP contribution < -0.4 is 21.7 Å². The van der Waals surface area contributed by atoms with E-state index in [-0.39, 0.29) is 17.9 Å². The van der Waals surface area contributed by atoms with Gasteiger partial charge in [0, 0.05) is 25.8 Å². The molecular formula is C14H17N3O3. The second kappa shape index (κ2) is 5.24. The summed E-state index contributed by atoms with van der Waals surface area (Å²) in [7, 11) is 3.05. The zero-order valence-corrected chi connectivity index (χ0v) is 11.7. The third-order valence-corrected chi connectivity index (χ3v) is 3.20. The molecule has 0 bridgehead atoms. The summed E-state index contributed by atoms with van der Waals surface area (Å²) in [5.41, 5.74) is 7.04. The van der Waals surface area contributed by atoms with Crippen LogP contribution in [0.4, 0.5) is 5.69 Å². The summed E-state index contributed by atoms with van der Waals surface area (Å²) in [4.78, 5) is 23.4. The number of ether oxygens (including phenoxy) is 1. The second-order valence-corrected chi connectivity index (χ2v) is 4.69. The van der Waals surface area contributed by atoms with Crippen molar-refractivity contribution in [3.8, 4) is 5.75 Å². The van der Waals surface area contributed by atoms with Crippen LogP contribution in [0, 0.1) is 6.92 Å². The zero-order valence-electron chi connectivity index (χ0n) is 11.7. The molecule has 1 aromatic heterocycles. The van der Waals surface area contributed by atoms with Gasteiger partial charge in [-0.3, -0.25) is 13.9 Å². The summed E-state index contributed by atoms with van der Waals surface area (Å²) < 4.78 is 8.10. The molecule has 0 aliphatic carbocycles. The van der Waals surface area contributed by atoms with Gasteiger partial charge in [0.2, 0.25) is 0 Å². The Hall–Kier alpha value is -2.50. The maximum absolute atomic E-state index is 11.8. The Labute approximate surface area is 116 Å². The lowest BCUT2D eigenvalue weighted by Crippen LogP contribution is -2.38.